The number of amides is 1. The van der Waals surface area contributed by atoms with Crippen LogP contribution in [0.2, 0.25) is 0 Å². The molecule has 1 saturated heterocycles. The van der Waals surface area contributed by atoms with E-state index in [0.29, 0.717) is 12.3 Å². The van der Waals surface area contributed by atoms with Gasteiger partial charge in [-0.05, 0) is 63.3 Å². The van der Waals surface area contributed by atoms with Crippen molar-refractivity contribution in [1.29, 1.82) is 5.41 Å². The molecule has 1 heterocycles. The zero-order valence-electron chi connectivity index (χ0n) is 14.4. The zero-order valence-corrected chi connectivity index (χ0v) is 15.3. The lowest BCUT2D eigenvalue weighted by Gasteiger charge is -2.11. The maximum Gasteiger partial charge on any atom is 0.233 e. The van der Waals surface area contributed by atoms with Crippen LogP contribution in [0.1, 0.15) is 71.1 Å². The van der Waals surface area contributed by atoms with Crippen molar-refractivity contribution in [2.45, 2.75) is 76.4 Å². The van der Waals surface area contributed by atoms with Crippen LogP contribution in [0, 0.1) is 11.3 Å². The Morgan fingerprint density at radius 2 is 1.96 bits per heavy atom. The Balaban J connectivity index is 2.03. The lowest BCUT2D eigenvalue weighted by atomic mass is 9.97. The van der Waals surface area contributed by atoms with Gasteiger partial charge in [-0.3, -0.25) is 4.79 Å². The molecule has 4 nitrogen and oxygen atoms in total. The fourth-order valence-electron chi connectivity index (χ4n) is 2.93. The topological polar surface area (TPSA) is 70.0 Å². The molecule has 2 N–H and O–H groups in total. The SMILES string of the molecule is CC(=O)CCCCCC1CSC(C(=O)NCCCCCC=N)C1. The summed E-state index contributed by atoms with van der Waals surface area (Å²) < 4.78 is 0. The minimum Gasteiger partial charge on any atom is -0.355 e. The molecule has 1 fully saturated rings. The van der Waals surface area contributed by atoms with Gasteiger partial charge in [-0.15, -0.1) is 11.8 Å². The lowest BCUT2D eigenvalue weighted by molar-refractivity contribution is -0.120. The van der Waals surface area contributed by atoms with Gasteiger partial charge in [0.2, 0.25) is 5.91 Å². The summed E-state index contributed by atoms with van der Waals surface area (Å²) >= 11 is 1.80. The van der Waals surface area contributed by atoms with Crippen molar-refractivity contribution in [3.63, 3.8) is 0 Å². The maximum absolute atomic E-state index is 12.1. The van der Waals surface area contributed by atoms with Crippen molar-refractivity contribution in [2.24, 2.45) is 5.92 Å². The molecular weight excluding hydrogens is 308 g/mol. The fraction of sp³-hybridized carbons (Fsp3) is 0.833. The second-order valence-electron chi connectivity index (χ2n) is 6.57. The number of thioether (sulfide) groups is 1. The summed E-state index contributed by atoms with van der Waals surface area (Å²) in [6.45, 7) is 2.42. The smallest absolute Gasteiger partial charge is 0.233 e. The Morgan fingerprint density at radius 3 is 2.70 bits per heavy atom. The zero-order chi connectivity index (χ0) is 16.9. The second-order valence-corrected chi connectivity index (χ2v) is 7.81. The van der Waals surface area contributed by atoms with E-state index < -0.39 is 0 Å². The first-order valence-corrected chi connectivity index (χ1v) is 10.1. The summed E-state index contributed by atoms with van der Waals surface area (Å²) in [6.07, 6.45) is 11.7. The minimum absolute atomic E-state index is 0.138. The number of carbonyl (C=O) groups excluding carboxylic acids is 2. The summed E-state index contributed by atoms with van der Waals surface area (Å²) in [7, 11) is 0. The average molecular weight is 341 g/mol. The highest BCUT2D eigenvalue weighted by Crippen LogP contribution is 2.34. The Hall–Kier alpha value is -0.840. The van der Waals surface area contributed by atoms with Gasteiger partial charge in [-0.1, -0.05) is 19.3 Å². The van der Waals surface area contributed by atoms with Crippen molar-refractivity contribution < 1.29 is 9.59 Å². The highest BCUT2D eigenvalue weighted by Gasteiger charge is 2.29. The van der Waals surface area contributed by atoms with Crippen LogP contribution in [-0.4, -0.2) is 35.5 Å². The maximum atomic E-state index is 12.1. The van der Waals surface area contributed by atoms with E-state index in [2.05, 4.69) is 5.32 Å². The van der Waals surface area contributed by atoms with Crippen LogP contribution < -0.4 is 5.32 Å². The average Bonchev–Trinajstić information content (AvgIpc) is 2.99. The van der Waals surface area contributed by atoms with Gasteiger partial charge in [0.15, 0.2) is 0 Å². The second kappa shape index (κ2) is 12.6. The van der Waals surface area contributed by atoms with E-state index in [4.69, 9.17) is 5.41 Å². The summed E-state index contributed by atoms with van der Waals surface area (Å²) in [5, 5.41) is 10.2. The van der Waals surface area contributed by atoms with Crippen LogP contribution in [0.3, 0.4) is 0 Å². The largest absolute Gasteiger partial charge is 0.355 e. The first kappa shape index (κ1) is 20.2. The fourth-order valence-corrected chi connectivity index (χ4v) is 4.38. The molecule has 0 aromatic carbocycles. The molecule has 132 valence electrons. The number of hydrogen-bond acceptors (Lipinski definition) is 4. The Labute approximate surface area is 145 Å². The normalized spacial score (nSPS) is 20.4. The van der Waals surface area contributed by atoms with E-state index in [1.807, 2.05) is 0 Å². The molecule has 0 saturated carbocycles. The van der Waals surface area contributed by atoms with Gasteiger partial charge >= 0.3 is 0 Å². The third-order valence-electron chi connectivity index (χ3n) is 4.34. The van der Waals surface area contributed by atoms with Crippen molar-refractivity contribution in [2.75, 3.05) is 12.3 Å². The van der Waals surface area contributed by atoms with E-state index in [0.717, 1.165) is 57.2 Å². The molecule has 2 atom stereocenters. The molecule has 0 radical (unpaired) electrons. The molecule has 5 heteroatoms. The van der Waals surface area contributed by atoms with Gasteiger partial charge in [0, 0.05) is 13.0 Å². The standard InChI is InChI=1S/C18H32N2O2S/c1-15(21)9-5-4-6-10-16-13-17(23-14-16)18(22)20-12-8-3-2-7-11-19/h11,16-17,19H,2-10,12-14H2,1H3,(H,20,22). The van der Waals surface area contributed by atoms with E-state index in [9.17, 15) is 9.59 Å². The van der Waals surface area contributed by atoms with E-state index >= 15 is 0 Å². The molecule has 0 bridgehead atoms. The van der Waals surface area contributed by atoms with E-state index in [1.165, 1.54) is 19.1 Å². The Morgan fingerprint density at radius 1 is 1.17 bits per heavy atom. The van der Waals surface area contributed by atoms with Gasteiger partial charge in [-0.25, -0.2) is 0 Å². The summed E-state index contributed by atoms with van der Waals surface area (Å²) in [6, 6.07) is 0. The molecule has 2 unspecified atom stereocenters. The molecule has 1 aliphatic heterocycles. The van der Waals surface area contributed by atoms with Crippen molar-refractivity contribution in [1.82, 2.24) is 5.32 Å². The van der Waals surface area contributed by atoms with Crippen LogP contribution in [0.15, 0.2) is 0 Å². The molecule has 1 rings (SSSR count). The summed E-state index contributed by atoms with van der Waals surface area (Å²) in [5.74, 6) is 2.27. The molecule has 0 aliphatic carbocycles. The van der Waals surface area contributed by atoms with Crippen molar-refractivity contribution >= 4 is 29.7 Å². The monoisotopic (exact) mass is 340 g/mol. The van der Waals surface area contributed by atoms with Gasteiger partial charge in [0.05, 0.1) is 5.25 Å². The molecule has 1 aliphatic rings. The number of carbonyl (C=O) groups is 2. The molecule has 0 aromatic rings. The molecule has 1 amide bonds. The highest BCUT2D eigenvalue weighted by molar-refractivity contribution is 8.00. The number of unbranched alkanes of at least 4 members (excludes halogenated alkanes) is 5. The third-order valence-corrected chi connectivity index (χ3v) is 5.81. The Bertz CT molecular complexity index is 374. The van der Waals surface area contributed by atoms with Gasteiger partial charge in [-0.2, -0.15) is 0 Å². The van der Waals surface area contributed by atoms with Crippen LogP contribution >= 0.6 is 11.8 Å². The quantitative estimate of drug-likeness (QED) is 0.394. The van der Waals surface area contributed by atoms with E-state index in [1.54, 1.807) is 18.7 Å². The van der Waals surface area contributed by atoms with Gasteiger partial charge < -0.3 is 15.5 Å². The van der Waals surface area contributed by atoms with Crippen LogP contribution in [0.25, 0.3) is 0 Å². The van der Waals surface area contributed by atoms with Crippen LogP contribution in [0.5, 0.6) is 0 Å². The van der Waals surface area contributed by atoms with Crippen LogP contribution in [0.4, 0.5) is 0 Å². The van der Waals surface area contributed by atoms with Crippen LogP contribution in [-0.2, 0) is 9.59 Å². The Kier molecular flexibility index (Phi) is 11.0. The number of hydrogen-bond donors (Lipinski definition) is 2. The number of nitrogens with one attached hydrogen (secondary N) is 2. The lowest BCUT2D eigenvalue weighted by Crippen LogP contribution is -2.32. The third kappa shape index (κ3) is 9.80. The predicted molar refractivity (Wildman–Crippen MR) is 98.4 cm³/mol. The molecule has 0 aromatic heterocycles. The number of ketones is 1. The van der Waals surface area contributed by atoms with E-state index in [-0.39, 0.29) is 16.9 Å². The highest BCUT2D eigenvalue weighted by atomic mass is 32.2. The molecule has 0 spiro atoms. The summed E-state index contributed by atoms with van der Waals surface area (Å²) in [5.41, 5.74) is 0. The first-order chi connectivity index (χ1) is 11.1. The minimum atomic E-state index is 0.138. The van der Waals surface area contributed by atoms with Gasteiger partial charge in [0.1, 0.15) is 5.78 Å². The summed E-state index contributed by atoms with van der Waals surface area (Å²) in [4.78, 5) is 23.0. The van der Waals surface area contributed by atoms with Crippen molar-refractivity contribution in [3.05, 3.63) is 0 Å². The van der Waals surface area contributed by atoms with Crippen molar-refractivity contribution in [3.8, 4) is 0 Å². The molecular formula is C18H32N2O2S. The first-order valence-electron chi connectivity index (χ1n) is 9.01. The van der Waals surface area contributed by atoms with Gasteiger partial charge in [0.25, 0.3) is 0 Å². The molecule has 23 heavy (non-hydrogen) atoms. The number of rotatable bonds is 13. The number of Topliss-reactive ketones (excluding diaryl/α,β-unsaturated/α-hetero) is 1. The predicted octanol–water partition coefficient (Wildman–Crippen LogP) is 3.97.